The van der Waals surface area contributed by atoms with E-state index >= 15 is 0 Å². The third-order valence-electron chi connectivity index (χ3n) is 3.48. The predicted octanol–water partition coefficient (Wildman–Crippen LogP) is 2.31. The van der Waals surface area contributed by atoms with E-state index in [1.807, 2.05) is 24.3 Å². The number of aromatic amines is 1. The van der Waals surface area contributed by atoms with Crippen molar-refractivity contribution in [2.75, 3.05) is 7.11 Å². The number of hydrogen-bond donors (Lipinski definition) is 2. The summed E-state index contributed by atoms with van der Waals surface area (Å²) in [4.78, 5) is 12.2. The van der Waals surface area contributed by atoms with Gasteiger partial charge in [-0.3, -0.25) is 9.89 Å². The number of aryl methyl sites for hydroxylation is 1. The van der Waals surface area contributed by atoms with Gasteiger partial charge in [0.05, 0.1) is 19.0 Å². The number of hydrogen-bond acceptors (Lipinski definition) is 5. The van der Waals surface area contributed by atoms with Crippen LogP contribution in [0.1, 0.15) is 21.8 Å². The molecule has 0 aliphatic heterocycles. The van der Waals surface area contributed by atoms with Crippen LogP contribution in [0.2, 0.25) is 0 Å². The molecule has 0 atom stereocenters. The lowest BCUT2D eigenvalue weighted by Gasteiger charge is -2.01. The number of rotatable bonds is 5. The molecule has 1 aromatic carbocycles. The Morgan fingerprint density at radius 1 is 1.39 bits per heavy atom. The van der Waals surface area contributed by atoms with Crippen molar-refractivity contribution in [3.63, 3.8) is 0 Å². The number of H-pyrrole nitrogens is 1. The van der Waals surface area contributed by atoms with Gasteiger partial charge in [0.25, 0.3) is 5.91 Å². The third kappa shape index (κ3) is 3.23. The standard InChI is InChI=1S/C16H16N4O3/c1-10-12(9-18-23-10)8-17-16(21)15-7-14(19-20-15)11-4-3-5-13(6-11)22-2/h3-7,9H,8H2,1-2H3,(H,17,21)(H,19,20). The first-order valence-electron chi connectivity index (χ1n) is 7.05. The molecule has 2 aromatic heterocycles. The summed E-state index contributed by atoms with van der Waals surface area (Å²) in [5.74, 6) is 1.18. The van der Waals surface area contributed by atoms with Crippen LogP contribution in [0.15, 0.2) is 41.1 Å². The highest BCUT2D eigenvalue weighted by Crippen LogP contribution is 2.22. The van der Waals surface area contributed by atoms with Crippen molar-refractivity contribution in [2.45, 2.75) is 13.5 Å². The number of ether oxygens (including phenoxy) is 1. The summed E-state index contributed by atoms with van der Waals surface area (Å²) in [6.45, 7) is 2.15. The fraction of sp³-hybridized carbons (Fsp3) is 0.188. The molecule has 2 N–H and O–H groups in total. The maximum absolute atomic E-state index is 12.2. The molecule has 0 fully saturated rings. The number of carbonyl (C=O) groups excluding carboxylic acids is 1. The van der Waals surface area contributed by atoms with E-state index in [2.05, 4.69) is 20.7 Å². The lowest BCUT2D eigenvalue weighted by atomic mass is 10.1. The molecule has 0 bridgehead atoms. The van der Waals surface area contributed by atoms with Crippen LogP contribution in [0, 0.1) is 6.92 Å². The zero-order valence-corrected chi connectivity index (χ0v) is 12.8. The van der Waals surface area contributed by atoms with E-state index in [-0.39, 0.29) is 5.91 Å². The molecule has 118 valence electrons. The van der Waals surface area contributed by atoms with Gasteiger partial charge >= 0.3 is 0 Å². The first kappa shape index (κ1) is 14.8. The molecule has 0 spiro atoms. The van der Waals surface area contributed by atoms with E-state index in [1.165, 1.54) is 0 Å². The van der Waals surface area contributed by atoms with Gasteiger partial charge in [0.15, 0.2) is 0 Å². The average molecular weight is 312 g/mol. The Balaban J connectivity index is 1.71. The number of methoxy groups -OCH3 is 1. The fourth-order valence-electron chi connectivity index (χ4n) is 2.13. The van der Waals surface area contributed by atoms with Crippen LogP contribution in [-0.4, -0.2) is 28.4 Å². The molecule has 7 heteroatoms. The van der Waals surface area contributed by atoms with Gasteiger partial charge in [-0.25, -0.2) is 0 Å². The van der Waals surface area contributed by atoms with E-state index < -0.39 is 0 Å². The first-order chi connectivity index (χ1) is 11.2. The molecule has 0 unspecified atom stereocenters. The van der Waals surface area contributed by atoms with E-state index in [0.717, 1.165) is 16.9 Å². The van der Waals surface area contributed by atoms with Crippen molar-refractivity contribution >= 4 is 5.91 Å². The van der Waals surface area contributed by atoms with Gasteiger partial charge < -0.3 is 14.6 Å². The minimum Gasteiger partial charge on any atom is -0.497 e. The molecule has 0 aliphatic rings. The Kier molecular flexibility index (Phi) is 4.09. The predicted molar refractivity (Wildman–Crippen MR) is 83.0 cm³/mol. The van der Waals surface area contributed by atoms with Crippen LogP contribution in [0.3, 0.4) is 0 Å². The Bertz CT molecular complexity index is 822. The zero-order chi connectivity index (χ0) is 16.2. The van der Waals surface area contributed by atoms with Gasteiger partial charge in [0.1, 0.15) is 17.2 Å². The van der Waals surface area contributed by atoms with E-state index in [4.69, 9.17) is 9.26 Å². The van der Waals surface area contributed by atoms with E-state index in [0.29, 0.717) is 23.7 Å². The number of amides is 1. The van der Waals surface area contributed by atoms with E-state index in [9.17, 15) is 4.79 Å². The molecular formula is C16H16N4O3. The highest BCUT2D eigenvalue weighted by molar-refractivity contribution is 5.93. The Morgan fingerprint density at radius 3 is 3.00 bits per heavy atom. The Morgan fingerprint density at radius 2 is 2.26 bits per heavy atom. The number of nitrogens with one attached hydrogen (secondary N) is 2. The minimum absolute atomic E-state index is 0.243. The van der Waals surface area contributed by atoms with Gasteiger partial charge in [-0.15, -0.1) is 0 Å². The van der Waals surface area contributed by atoms with Crippen molar-refractivity contribution in [1.29, 1.82) is 0 Å². The third-order valence-corrected chi connectivity index (χ3v) is 3.48. The van der Waals surface area contributed by atoms with Crippen molar-refractivity contribution in [2.24, 2.45) is 0 Å². The summed E-state index contributed by atoms with van der Waals surface area (Å²) < 4.78 is 10.1. The van der Waals surface area contributed by atoms with Gasteiger partial charge in [-0.05, 0) is 25.1 Å². The summed E-state index contributed by atoms with van der Waals surface area (Å²) in [5, 5.41) is 13.4. The largest absolute Gasteiger partial charge is 0.497 e. The van der Waals surface area contributed by atoms with Gasteiger partial charge in [0.2, 0.25) is 0 Å². The monoisotopic (exact) mass is 312 g/mol. The summed E-state index contributed by atoms with van der Waals surface area (Å²) in [7, 11) is 1.61. The molecule has 0 saturated carbocycles. The summed E-state index contributed by atoms with van der Waals surface area (Å²) in [6.07, 6.45) is 1.59. The van der Waals surface area contributed by atoms with Crippen molar-refractivity contribution in [3.05, 3.63) is 53.5 Å². The molecule has 2 heterocycles. The van der Waals surface area contributed by atoms with Crippen LogP contribution in [-0.2, 0) is 6.54 Å². The summed E-state index contributed by atoms with van der Waals surface area (Å²) >= 11 is 0. The van der Waals surface area contributed by atoms with Crippen LogP contribution < -0.4 is 10.1 Å². The Hall–Kier alpha value is -3.09. The highest BCUT2D eigenvalue weighted by Gasteiger charge is 2.12. The molecule has 23 heavy (non-hydrogen) atoms. The molecule has 0 aliphatic carbocycles. The van der Waals surface area contributed by atoms with Crippen molar-refractivity contribution in [3.8, 4) is 17.0 Å². The lowest BCUT2D eigenvalue weighted by molar-refractivity contribution is 0.0946. The smallest absolute Gasteiger partial charge is 0.269 e. The highest BCUT2D eigenvalue weighted by atomic mass is 16.5. The number of nitrogens with zero attached hydrogens (tertiary/aromatic N) is 2. The summed E-state index contributed by atoms with van der Waals surface area (Å²) in [5.41, 5.74) is 2.77. The molecule has 0 radical (unpaired) electrons. The van der Waals surface area contributed by atoms with Crippen molar-refractivity contribution in [1.82, 2.24) is 20.7 Å². The summed E-state index contributed by atoms with van der Waals surface area (Å²) in [6, 6.07) is 9.19. The van der Waals surface area contributed by atoms with Crippen LogP contribution in [0.25, 0.3) is 11.3 Å². The second-order valence-corrected chi connectivity index (χ2v) is 4.99. The topological polar surface area (TPSA) is 93.0 Å². The fourth-order valence-corrected chi connectivity index (χ4v) is 2.13. The second-order valence-electron chi connectivity index (χ2n) is 4.99. The second kappa shape index (κ2) is 6.35. The van der Waals surface area contributed by atoms with Crippen LogP contribution in [0.5, 0.6) is 5.75 Å². The molecule has 0 saturated heterocycles. The number of benzene rings is 1. The Labute approximate surface area is 132 Å². The van der Waals surface area contributed by atoms with Gasteiger partial charge in [-0.2, -0.15) is 5.10 Å². The maximum atomic E-state index is 12.2. The molecule has 3 rings (SSSR count). The normalized spacial score (nSPS) is 10.5. The first-order valence-corrected chi connectivity index (χ1v) is 7.05. The minimum atomic E-state index is -0.243. The van der Waals surface area contributed by atoms with Gasteiger partial charge in [0, 0.05) is 17.7 Å². The zero-order valence-electron chi connectivity index (χ0n) is 12.8. The van der Waals surface area contributed by atoms with Crippen LogP contribution >= 0.6 is 0 Å². The number of carbonyl (C=O) groups is 1. The average Bonchev–Trinajstić information content (AvgIpc) is 3.22. The SMILES string of the molecule is COc1cccc(-c2cc(C(=O)NCc3cnoc3C)[nH]n2)c1. The molecule has 3 aromatic rings. The molecular weight excluding hydrogens is 296 g/mol. The maximum Gasteiger partial charge on any atom is 0.269 e. The molecule has 1 amide bonds. The quantitative estimate of drug-likeness (QED) is 0.754. The van der Waals surface area contributed by atoms with Crippen LogP contribution in [0.4, 0.5) is 0 Å². The number of aromatic nitrogens is 3. The van der Waals surface area contributed by atoms with Gasteiger partial charge in [-0.1, -0.05) is 17.3 Å². The lowest BCUT2D eigenvalue weighted by Crippen LogP contribution is -2.23. The molecule has 7 nitrogen and oxygen atoms in total. The van der Waals surface area contributed by atoms with E-state index in [1.54, 1.807) is 26.3 Å². The van der Waals surface area contributed by atoms with Crippen molar-refractivity contribution < 1.29 is 14.1 Å².